The number of benzene rings is 8. The van der Waals surface area contributed by atoms with Gasteiger partial charge in [-0.3, -0.25) is 0 Å². The Labute approximate surface area is 289 Å². The summed E-state index contributed by atoms with van der Waals surface area (Å²) in [6, 6.07) is -0.979. The van der Waals surface area contributed by atoms with Crippen molar-refractivity contribution < 1.29 is 31.8 Å². The molecule has 0 N–H and O–H groups in total. The van der Waals surface area contributed by atoms with Crippen molar-refractivity contribution >= 4 is 43.5 Å². The lowest BCUT2D eigenvalue weighted by Crippen LogP contribution is -1.94. The highest BCUT2D eigenvalue weighted by Gasteiger charge is 2.22. The Morgan fingerprint density at radius 1 is 0.356 bits per heavy atom. The quantitative estimate of drug-likeness (QED) is 0.185. The second kappa shape index (κ2) is 10.4. The standard InChI is InChI=1S/C44H28O/c1-3-15-29(16-4-1)31-19-7-8-21-33(31)43-34-22-9-11-24-36(34)44(37-25-12-10-23-35(37)43)40-27-39-32-20-13-14-26-41(32)45-42(39)28-38(40)30-17-5-2-6-18-30/h1-28H/i1D,2D,3D,4D,5D,6D,7D,8D,13D,14D,15D,16D,17D,18D,19D,20D,21D,26D,27D,28D. The average molecular weight is 593 g/mol. The van der Waals surface area contributed by atoms with Gasteiger partial charge < -0.3 is 4.42 Å². The molecule has 9 rings (SSSR count). The van der Waals surface area contributed by atoms with Crippen LogP contribution in [0.4, 0.5) is 0 Å². The maximum Gasteiger partial charge on any atom is 0.136 e. The number of fused-ring (bicyclic) bond motifs is 5. The molecule has 0 bridgehead atoms. The topological polar surface area (TPSA) is 13.1 Å². The monoisotopic (exact) mass is 592 g/mol. The van der Waals surface area contributed by atoms with Gasteiger partial charge in [0.1, 0.15) is 11.2 Å². The van der Waals surface area contributed by atoms with Crippen molar-refractivity contribution in [1.82, 2.24) is 0 Å². The van der Waals surface area contributed by atoms with E-state index >= 15 is 0 Å². The van der Waals surface area contributed by atoms with Crippen molar-refractivity contribution in [3.05, 3.63) is 169 Å². The van der Waals surface area contributed by atoms with Crippen molar-refractivity contribution in [1.29, 1.82) is 0 Å². The van der Waals surface area contributed by atoms with Gasteiger partial charge in [0.05, 0.1) is 27.4 Å². The summed E-state index contributed by atoms with van der Waals surface area (Å²) in [4.78, 5) is 0. The normalized spacial score (nSPS) is 17.8. The Balaban J connectivity index is 1.57. The van der Waals surface area contributed by atoms with Crippen molar-refractivity contribution in [3.8, 4) is 44.5 Å². The number of hydrogen-bond acceptors (Lipinski definition) is 1. The van der Waals surface area contributed by atoms with E-state index in [1.54, 1.807) is 48.5 Å². The molecule has 0 unspecified atom stereocenters. The molecule has 1 heteroatoms. The van der Waals surface area contributed by atoms with E-state index in [1.807, 2.05) is 0 Å². The van der Waals surface area contributed by atoms with Gasteiger partial charge in [-0.1, -0.05) is 151 Å². The summed E-state index contributed by atoms with van der Waals surface area (Å²) in [6.45, 7) is 0. The zero-order chi connectivity index (χ0) is 47.1. The van der Waals surface area contributed by atoms with E-state index in [2.05, 4.69) is 0 Å². The number of furan rings is 1. The third-order valence-electron chi connectivity index (χ3n) is 7.69. The molecule has 0 saturated heterocycles. The maximum absolute atomic E-state index is 10.0. The van der Waals surface area contributed by atoms with Crippen molar-refractivity contribution in [3.63, 3.8) is 0 Å². The molecule has 0 aliphatic rings. The van der Waals surface area contributed by atoms with Crippen LogP contribution in [0.15, 0.2) is 174 Å². The van der Waals surface area contributed by atoms with Crippen LogP contribution in [-0.4, -0.2) is 0 Å². The molecule has 9 aromatic rings. The second-order valence-electron chi connectivity index (χ2n) is 10.1. The van der Waals surface area contributed by atoms with Crippen LogP contribution < -0.4 is 0 Å². The first-order valence-corrected chi connectivity index (χ1v) is 13.8. The summed E-state index contributed by atoms with van der Waals surface area (Å²) in [5.74, 6) is 0. The minimum absolute atomic E-state index is 0.111. The van der Waals surface area contributed by atoms with Gasteiger partial charge in [-0.05, 0) is 84.2 Å². The highest BCUT2D eigenvalue weighted by Crippen LogP contribution is 2.49. The van der Waals surface area contributed by atoms with Crippen LogP contribution in [0, 0.1) is 0 Å². The molecule has 0 radical (unpaired) electrons. The van der Waals surface area contributed by atoms with Crippen molar-refractivity contribution in [2.75, 3.05) is 0 Å². The van der Waals surface area contributed by atoms with Crippen LogP contribution >= 0.6 is 0 Å². The van der Waals surface area contributed by atoms with E-state index in [0.717, 1.165) is 0 Å². The lowest BCUT2D eigenvalue weighted by atomic mass is 9.82. The average Bonchev–Trinajstić information content (AvgIpc) is 3.72. The predicted molar refractivity (Wildman–Crippen MR) is 190 cm³/mol. The van der Waals surface area contributed by atoms with E-state index < -0.39 is 143 Å². The first-order chi connectivity index (χ1) is 30.7. The number of rotatable bonds is 4. The number of para-hydroxylation sites is 1. The molecule has 0 aliphatic carbocycles. The van der Waals surface area contributed by atoms with Crippen LogP contribution in [0.2, 0.25) is 0 Å². The molecule has 0 atom stereocenters. The molecule has 210 valence electrons. The van der Waals surface area contributed by atoms with Crippen molar-refractivity contribution in [2.24, 2.45) is 0 Å². The third-order valence-corrected chi connectivity index (χ3v) is 7.69. The van der Waals surface area contributed by atoms with Crippen LogP contribution in [0.25, 0.3) is 88.0 Å². The molecule has 0 amide bonds. The molecule has 0 aliphatic heterocycles. The Bertz CT molecular complexity index is 3550. The Kier molecular flexibility index (Phi) is 2.90. The summed E-state index contributed by atoms with van der Waals surface area (Å²) in [6.07, 6.45) is 0. The van der Waals surface area contributed by atoms with Gasteiger partial charge in [-0.2, -0.15) is 0 Å². The van der Waals surface area contributed by atoms with Crippen LogP contribution in [0.5, 0.6) is 0 Å². The molecule has 1 nitrogen and oxygen atoms in total. The molecule has 45 heavy (non-hydrogen) atoms. The lowest BCUT2D eigenvalue weighted by Gasteiger charge is -2.21. The predicted octanol–water partition coefficient (Wildman–Crippen LogP) is 12.6. The van der Waals surface area contributed by atoms with Gasteiger partial charge in [0.2, 0.25) is 0 Å². The fraction of sp³-hybridized carbons (Fsp3) is 0. The molecule has 1 heterocycles. The molecule has 0 fully saturated rings. The minimum Gasteiger partial charge on any atom is -0.456 e. The second-order valence-corrected chi connectivity index (χ2v) is 10.1. The Morgan fingerprint density at radius 2 is 0.844 bits per heavy atom. The fourth-order valence-electron chi connectivity index (χ4n) is 5.87. The summed E-state index contributed by atoms with van der Waals surface area (Å²) < 4.78 is 183. The summed E-state index contributed by atoms with van der Waals surface area (Å²) in [7, 11) is 0. The summed E-state index contributed by atoms with van der Waals surface area (Å²) in [5.41, 5.74) is -2.80. The molecule has 0 spiro atoms. The van der Waals surface area contributed by atoms with E-state index in [4.69, 9.17) is 26.3 Å². The molecular weight excluding hydrogens is 544 g/mol. The minimum atomic E-state index is -0.759. The molecule has 8 aromatic carbocycles. The zero-order valence-corrected chi connectivity index (χ0v) is 23.0. The third kappa shape index (κ3) is 4.09. The van der Waals surface area contributed by atoms with Crippen molar-refractivity contribution in [2.45, 2.75) is 0 Å². The largest absolute Gasteiger partial charge is 0.456 e. The van der Waals surface area contributed by atoms with Gasteiger partial charge >= 0.3 is 0 Å². The molecule has 0 saturated carbocycles. The summed E-state index contributed by atoms with van der Waals surface area (Å²) in [5, 5.41) is 0.397. The van der Waals surface area contributed by atoms with Crippen LogP contribution in [-0.2, 0) is 0 Å². The van der Waals surface area contributed by atoms with Crippen LogP contribution in [0.1, 0.15) is 27.4 Å². The van der Waals surface area contributed by atoms with E-state index in [0.29, 0.717) is 0 Å². The lowest BCUT2D eigenvalue weighted by molar-refractivity contribution is 0.669. The SMILES string of the molecule is [2H]c1c([2H])c([2H])c(-c2c([2H])c([2H])c([2H])c([2H])c2-c2c3ccccc3c(-c3c(-c4c([2H])c([2H])c([2H])c([2H])c4[2H])c([2H])c4oc5c([2H])c([2H])c([2H])c([2H])c5c4c3[2H])c3ccccc23)c([2H])c1[2H]. The maximum atomic E-state index is 10.0. The van der Waals surface area contributed by atoms with Gasteiger partial charge in [0, 0.05) is 10.8 Å². The Morgan fingerprint density at radius 3 is 1.47 bits per heavy atom. The zero-order valence-electron chi connectivity index (χ0n) is 43.0. The molecule has 1 aromatic heterocycles. The first kappa shape index (κ1) is 12.6. The van der Waals surface area contributed by atoms with Gasteiger partial charge in [-0.25, -0.2) is 0 Å². The summed E-state index contributed by atoms with van der Waals surface area (Å²) >= 11 is 0. The first-order valence-electron chi connectivity index (χ1n) is 23.8. The van der Waals surface area contributed by atoms with Gasteiger partial charge in [0.25, 0.3) is 0 Å². The Hall–Kier alpha value is -5.92. The molecular formula is C44H28O. The highest BCUT2D eigenvalue weighted by molar-refractivity contribution is 6.24. The van der Waals surface area contributed by atoms with E-state index in [-0.39, 0.29) is 65.7 Å². The van der Waals surface area contributed by atoms with Gasteiger partial charge in [0.15, 0.2) is 0 Å². The fourth-order valence-corrected chi connectivity index (χ4v) is 5.87. The van der Waals surface area contributed by atoms with Gasteiger partial charge in [-0.15, -0.1) is 0 Å². The van der Waals surface area contributed by atoms with E-state index in [1.165, 1.54) is 0 Å². The number of hydrogen-bond donors (Lipinski definition) is 0. The van der Waals surface area contributed by atoms with E-state index in [9.17, 15) is 5.48 Å². The van der Waals surface area contributed by atoms with Crippen LogP contribution in [0.3, 0.4) is 0 Å². The smallest absolute Gasteiger partial charge is 0.136 e. The highest BCUT2D eigenvalue weighted by atomic mass is 16.3.